The van der Waals surface area contributed by atoms with Gasteiger partial charge in [0.05, 0.1) is 26.5 Å². The summed E-state index contributed by atoms with van der Waals surface area (Å²) in [5, 5.41) is 15.2. The Morgan fingerprint density at radius 1 is 1.36 bits per heavy atom. The van der Waals surface area contributed by atoms with Crippen molar-refractivity contribution in [1.82, 2.24) is 10.3 Å². The highest BCUT2D eigenvalue weighted by Crippen LogP contribution is 2.40. The Hall–Kier alpha value is -2.68. The maximum absolute atomic E-state index is 11.7. The second kappa shape index (κ2) is 8.55. The van der Waals surface area contributed by atoms with Crippen LogP contribution in [0.5, 0.6) is 0 Å². The molecule has 3 rings (SSSR count). The van der Waals surface area contributed by atoms with Gasteiger partial charge in [0.15, 0.2) is 0 Å². The SMILES string of the molecule is CC(C)OC(=O)NC1CCC(c2ncc(-c3ccc(N)cc3[N+](=O)[O-])s2)CC1. The number of nitro benzene ring substituents is 1. The zero-order chi connectivity index (χ0) is 20.3. The molecular weight excluding hydrogens is 380 g/mol. The average molecular weight is 404 g/mol. The van der Waals surface area contributed by atoms with Crippen molar-refractivity contribution in [3.8, 4) is 10.4 Å². The first kappa shape index (κ1) is 20.1. The molecule has 28 heavy (non-hydrogen) atoms. The van der Waals surface area contributed by atoms with E-state index >= 15 is 0 Å². The van der Waals surface area contributed by atoms with E-state index in [4.69, 9.17) is 10.5 Å². The van der Waals surface area contributed by atoms with Gasteiger partial charge in [0.1, 0.15) is 0 Å². The van der Waals surface area contributed by atoms with E-state index in [1.165, 1.54) is 17.4 Å². The molecular formula is C19H24N4O4S. The van der Waals surface area contributed by atoms with Gasteiger partial charge in [-0.05, 0) is 51.7 Å². The molecule has 1 heterocycles. The second-order valence-electron chi connectivity index (χ2n) is 7.24. The van der Waals surface area contributed by atoms with Gasteiger partial charge in [0, 0.05) is 29.9 Å². The van der Waals surface area contributed by atoms with Gasteiger partial charge in [0.25, 0.3) is 5.69 Å². The third-order valence-corrected chi connectivity index (χ3v) is 5.94. The quantitative estimate of drug-likeness (QED) is 0.431. The van der Waals surface area contributed by atoms with E-state index in [9.17, 15) is 14.9 Å². The zero-order valence-electron chi connectivity index (χ0n) is 15.9. The lowest BCUT2D eigenvalue weighted by atomic mass is 9.86. The lowest BCUT2D eigenvalue weighted by Gasteiger charge is -2.28. The fourth-order valence-corrected chi connectivity index (χ4v) is 4.53. The number of anilines is 1. The zero-order valence-corrected chi connectivity index (χ0v) is 16.7. The third-order valence-electron chi connectivity index (χ3n) is 4.75. The van der Waals surface area contributed by atoms with Crippen molar-refractivity contribution in [2.24, 2.45) is 0 Å². The van der Waals surface area contributed by atoms with Gasteiger partial charge in [-0.3, -0.25) is 10.1 Å². The fourth-order valence-electron chi connectivity index (χ4n) is 3.41. The Morgan fingerprint density at radius 3 is 2.71 bits per heavy atom. The lowest BCUT2D eigenvalue weighted by molar-refractivity contribution is -0.384. The van der Waals surface area contributed by atoms with Crippen LogP contribution in [0.2, 0.25) is 0 Å². The molecule has 0 aliphatic heterocycles. The van der Waals surface area contributed by atoms with Crippen molar-refractivity contribution >= 4 is 28.8 Å². The summed E-state index contributed by atoms with van der Waals surface area (Å²) < 4.78 is 5.13. The number of amides is 1. The Morgan fingerprint density at radius 2 is 2.07 bits per heavy atom. The monoisotopic (exact) mass is 404 g/mol. The topological polar surface area (TPSA) is 120 Å². The van der Waals surface area contributed by atoms with Crippen LogP contribution in [0.1, 0.15) is 50.5 Å². The summed E-state index contributed by atoms with van der Waals surface area (Å²) in [4.78, 5) is 27.9. The number of nitrogen functional groups attached to an aromatic ring is 1. The highest BCUT2D eigenvalue weighted by Gasteiger charge is 2.27. The third kappa shape index (κ3) is 4.78. The lowest BCUT2D eigenvalue weighted by Crippen LogP contribution is -2.38. The number of nitrogens with zero attached hydrogens (tertiary/aromatic N) is 2. The van der Waals surface area contributed by atoms with Crippen LogP contribution in [-0.4, -0.2) is 28.1 Å². The summed E-state index contributed by atoms with van der Waals surface area (Å²) in [7, 11) is 0. The van der Waals surface area contributed by atoms with E-state index in [0.29, 0.717) is 17.2 Å². The predicted octanol–water partition coefficient (Wildman–Crippen LogP) is 4.46. The Kier molecular flexibility index (Phi) is 6.13. The number of carbonyl (C=O) groups excluding carboxylic acids is 1. The number of alkyl carbamates (subject to hydrolysis) is 1. The Labute approximate surface area is 167 Å². The maximum atomic E-state index is 11.7. The minimum Gasteiger partial charge on any atom is -0.447 e. The molecule has 1 aromatic heterocycles. The van der Waals surface area contributed by atoms with Gasteiger partial charge in [-0.1, -0.05) is 0 Å². The molecule has 2 aromatic rings. The number of hydrogen-bond acceptors (Lipinski definition) is 7. The minimum absolute atomic E-state index is 0.00762. The fraction of sp³-hybridized carbons (Fsp3) is 0.474. The summed E-state index contributed by atoms with van der Waals surface area (Å²) in [6.07, 6.45) is 4.72. The van der Waals surface area contributed by atoms with Gasteiger partial charge >= 0.3 is 6.09 Å². The van der Waals surface area contributed by atoms with Crippen LogP contribution < -0.4 is 11.1 Å². The molecule has 1 fully saturated rings. The number of ether oxygens (including phenoxy) is 1. The summed E-state index contributed by atoms with van der Waals surface area (Å²) >= 11 is 1.49. The van der Waals surface area contributed by atoms with Crippen molar-refractivity contribution in [3.05, 3.63) is 39.5 Å². The molecule has 0 unspecified atom stereocenters. The van der Waals surface area contributed by atoms with Gasteiger partial charge in [-0.25, -0.2) is 9.78 Å². The number of nitro groups is 1. The largest absolute Gasteiger partial charge is 0.447 e. The molecule has 1 amide bonds. The highest BCUT2D eigenvalue weighted by atomic mass is 32.1. The number of thiazole rings is 1. The molecule has 0 bridgehead atoms. The summed E-state index contributed by atoms with van der Waals surface area (Å²) in [6.45, 7) is 3.64. The Balaban J connectivity index is 1.65. The number of rotatable bonds is 5. The van der Waals surface area contributed by atoms with Crippen LogP contribution >= 0.6 is 11.3 Å². The summed E-state index contributed by atoms with van der Waals surface area (Å²) in [6, 6.07) is 4.82. The van der Waals surface area contributed by atoms with Gasteiger partial charge in [-0.2, -0.15) is 0 Å². The van der Waals surface area contributed by atoms with E-state index in [-0.39, 0.29) is 23.9 Å². The molecule has 0 atom stereocenters. The summed E-state index contributed by atoms with van der Waals surface area (Å²) in [5.41, 5.74) is 6.58. The second-order valence-corrected chi connectivity index (χ2v) is 8.31. The molecule has 1 aliphatic rings. The van der Waals surface area contributed by atoms with E-state index in [2.05, 4.69) is 10.3 Å². The molecule has 0 spiro atoms. The van der Waals surface area contributed by atoms with E-state index in [0.717, 1.165) is 35.6 Å². The number of nitrogens with one attached hydrogen (secondary N) is 1. The van der Waals surface area contributed by atoms with Crippen LogP contribution in [0, 0.1) is 10.1 Å². The molecule has 1 aromatic carbocycles. The van der Waals surface area contributed by atoms with Crippen molar-refractivity contribution in [2.75, 3.05) is 5.73 Å². The molecule has 150 valence electrons. The van der Waals surface area contributed by atoms with Crippen LogP contribution in [0.3, 0.4) is 0 Å². The molecule has 1 saturated carbocycles. The van der Waals surface area contributed by atoms with Crippen LogP contribution in [0.4, 0.5) is 16.2 Å². The average Bonchev–Trinajstić information content (AvgIpc) is 3.11. The normalized spacial score (nSPS) is 19.4. The predicted molar refractivity (Wildman–Crippen MR) is 108 cm³/mol. The van der Waals surface area contributed by atoms with Crippen molar-refractivity contribution in [3.63, 3.8) is 0 Å². The first-order chi connectivity index (χ1) is 13.3. The molecule has 9 heteroatoms. The molecule has 3 N–H and O–H groups in total. The molecule has 8 nitrogen and oxygen atoms in total. The van der Waals surface area contributed by atoms with E-state index in [1.807, 2.05) is 13.8 Å². The smallest absolute Gasteiger partial charge is 0.407 e. The number of hydrogen-bond donors (Lipinski definition) is 2. The number of aromatic nitrogens is 1. The number of benzene rings is 1. The van der Waals surface area contributed by atoms with Gasteiger partial charge in [-0.15, -0.1) is 11.3 Å². The van der Waals surface area contributed by atoms with Crippen LogP contribution in [0.25, 0.3) is 10.4 Å². The first-order valence-corrected chi connectivity index (χ1v) is 10.1. The molecule has 0 radical (unpaired) electrons. The van der Waals surface area contributed by atoms with Crippen LogP contribution in [0.15, 0.2) is 24.4 Å². The van der Waals surface area contributed by atoms with Crippen molar-refractivity contribution < 1.29 is 14.5 Å². The minimum atomic E-state index is -0.418. The summed E-state index contributed by atoms with van der Waals surface area (Å²) in [5.74, 6) is 0.297. The Bertz CT molecular complexity index is 859. The van der Waals surface area contributed by atoms with Gasteiger partial charge in [0.2, 0.25) is 0 Å². The highest BCUT2D eigenvalue weighted by molar-refractivity contribution is 7.15. The van der Waals surface area contributed by atoms with Crippen LogP contribution in [-0.2, 0) is 4.74 Å². The van der Waals surface area contributed by atoms with E-state index in [1.54, 1.807) is 18.3 Å². The maximum Gasteiger partial charge on any atom is 0.407 e. The van der Waals surface area contributed by atoms with E-state index < -0.39 is 4.92 Å². The first-order valence-electron chi connectivity index (χ1n) is 9.30. The van der Waals surface area contributed by atoms with Gasteiger partial charge < -0.3 is 15.8 Å². The number of carbonyl (C=O) groups is 1. The van der Waals surface area contributed by atoms with Crippen molar-refractivity contribution in [2.45, 2.75) is 57.6 Å². The number of nitrogens with two attached hydrogens (primary N) is 1. The standard InChI is InChI=1S/C19H24N4O4S/c1-11(2)27-19(24)22-14-6-3-12(4-7-14)18-21-10-17(28-18)15-8-5-13(20)9-16(15)23(25)26/h5,8-12,14H,3-4,6-7,20H2,1-2H3,(H,22,24). The van der Waals surface area contributed by atoms with Crippen molar-refractivity contribution in [1.29, 1.82) is 0 Å². The molecule has 0 saturated heterocycles. The molecule has 1 aliphatic carbocycles.